The van der Waals surface area contributed by atoms with Gasteiger partial charge < -0.3 is 14.7 Å². The second-order valence-electron chi connectivity index (χ2n) is 5.43. The van der Waals surface area contributed by atoms with Crippen molar-refractivity contribution < 1.29 is 18.6 Å². The molecule has 20 heavy (non-hydrogen) atoms. The lowest BCUT2D eigenvalue weighted by atomic mass is 10.0. The molecule has 0 saturated carbocycles. The summed E-state index contributed by atoms with van der Waals surface area (Å²) in [7, 11) is 0. The molecule has 1 heterocycles. The topological polar surface area (TPSA) is 56.5 Å². The van der Waals surface area contributed by atoms with E-state index in [0.717, 1.165) is 0 Å². The first-order valence-corrected chi connectivity index (χ1v) is 6.29. The minimum absolute atomic E-state index is 0.0799. The van der Waals surface area contributed by atoms with Gasteiger partial charge in [-0.3, -0.25) is 0 Å². The van der Waals surface area contributed by atoms with Gasteiger partial charge in [0.15, 0.2) is 11.6 Å². The second kappa shape index (κ2) is 5.35. The molecule has 1 atom stereocenters. The van der Waals surface area contributed by atoms with E-state index >= 15 is 0 Å². The maximum absolute atomic E-state index is 14.0. The molecule has 1 fully saturated rings. The van der Waals surface area contributed by atoms with Crippen LogP contribution < -0.4 is 4.90 Å². The van der Waals surface area contributed by atoms with E-state index in [0.29, 0.717) is 6.54 Å². The van der Waals surface area contributed by atoms with E-state index in [4.69, 9.17) is 10.00 Å². The van der Waals surface area contributed by atoms with Crippen molar-refractivity contribution in [1.29, 1.82) is 5.26 Å². The Bertz CT molecular complexity index is 555. The summed E-state index contributed by atoms with van der Waals surface area (Å²) in [6, 6.07) is 4.24. The molecular formula is C14H16F2N2O2. The molecule has 0 aliphatic carbocycles. The largest absolute Gasteiger partial charge is 0.394 e. The number of rotatable bonds is 2. The van der Waals surface area contributed by atoms with Gasteiger partial charge in [-0.25, -0.2) is 8.78 Å². The quantitative estimate of drug-likeness (QED) is 0.899. The van der Waals surface area contributed by atoms with Crippen LogP contribution in [0.25, 0.3) is 0 Å². The Hall–Kier alpha value is -1.71. The van der Waals surface area contributed by atoms with Gasteiger partial charge in [0.2, 0.25) is 0 Å². The van der Waals surface area contributed by atoms with Gasteiger partial charge in [0, 0.05) is 13.1 Å². The number of nitrogens with zero attached hydrogens (tertiary/aromatic N) is 2. The zero-order valence-corrected chi connectivity index (χ0v) is 11.4. The van der Waals surface area contributed by atoms with Gasteiger partial charge in [-0.2, -0.15) is 5.26 Å². The lowest BCUT2D eigenvalue weighted by Crippen LogP contribution is -2.54. The molecule has 1 aliphatic heterocycles. The van der Waals surface area contributed by atoms with Gasteiger partial charge in [-0.15, -0.1) is 0 Å². The number of aliphatic hydroxyl groups is 1. The SMILES string of the molecule is CC1(C)CN(c2ccc(C#N)c(F)c2F)CC(CO)O1. The fourth-order valence-electron chi connectivity index (χ4n) is 2.44. The molecule has 108 valence electrons. The molecule has 1 N–H and O–H groups in total. The van der Waals surface area contributed by atoms with Crippen LogP contribution in [0.15, 0.2) is 12.1 Å². The highest BCUT2D eigenvalue weighted by molar-refractivity contribution is 5.52. The summed E-state index contributed by atoms with van der Waals surface area (Å²) in [5, 5.41) is 17.9. The molecule has 0 spiro atoms. The average Bonchev–Trinajstić information content (AvgIpc) is 2.39. The third-order valence-electron chi connectivity index (χ3n) is 3.21. The van der Waals surface area contributed by atoms with Crippen LogP contribution in [0.4, 0.5) is 14.5 Å². The van der Waals surface area contributed by atoms with Crippen LogP contribution in [-0.2, 0) is 4.74 Å². The van der Waals surface area contributed by atoms with Crippen molar-refractivity contribution in [2.45, 2.75) is 25.6 Å². The number of aliphatic hydroxyl groups excluding tert-OH is 1. The van der Waals surface area contributed by atoms with Crippen LogP contribution in [0.1, 0.15) is 19.4 Å². The summed E-state index contributed by atoms with van der Waals surface area (Å²) in [5.41, 5.74) is -0.823. The standard InChI is InChI=1S/C14H16F2N2O2/c1-14(2)8-18(6-10(7-19)20-14)11-4-3-9(5-17)12(15)13(11)16/h3-4,10,19H,6-8H2,1-2H3. The van der Waals surface area contributed by atoms with Crippen molar-refractivity contribution in [3.05, 3.63) is 29.3 Å². The smallest absolute Gasteiger partial charge is 0.183 e. The summed E-state index contributed by atoms with van der Waals surface area (Å²) >= 11 is 0. The highest BCUT2D eigenvalue weighted by Crippen LogP contribution is 2.29. The first-order chi connectivity index (χ1) is 9.38. The van der Waals surface area contributed by atoms with E-state index in [-0.39, 0.29) is 24.4 Å². The molecule has 2 rings (SSSR count). The Morgan fingerprint density at radius 1 is 1.45 bits per heavy atom. The predicted octanol–water partition coefficient (Wildman–Crippen LogP) is 1.81. The van der Waals surface area contributed by atoms with Gasteiger partial charge in [0.05, 0.1) is 29.6 Å². The zero-order valence-electron chi connectivity index (χ0n) is 11.4. The van der Waals surface area contributed by atoms with E-state index in [1.54, 1.807) is 11.0 Å². The number of nitriles is 1. The Kier molecular flexibility index (Phi) is 3.93. The highest BCUT2D eigenvalue weighted by Gasteiger charge is 2.34. The molecule has 0 aromatic heterocycles. The number of hydrogen-bond donors (Lipinski definition) is 1. The van der Waals surface area contributed by atoms with E-state index in [2.05, 4.69) is 0 Å². The number of benzene rings is 1. The van der Waals surface area contributed by atoms with E-state index in [9.17, 15) is 13.9 Å². The highest BCUT2D eigenvalue weighted by atomic mass is 19.2. The van der Waals surface area contributed by atoms with Crippen molar-refractivity contribution in [3.8, 4) is 6.07 Å². The van der Waals surface area contributed by atoms with Gasteiger partial charge >= 0.3 is 0 Å². The zero-order chi connectivity index (χ0) is 14.9. The summed E-state index contributed by atoms with van der Waals surface area (Å²) in [6.45, 7) is 4.08. The minimum Gasteiger partial charge on any atom is -0.394 e. The number of halogens is 2. The maximum atomic E-state index is 14.0. The van der Waals surface area contributed by atoms with E-state index in [1.807, 2.05) is 13.8 Å². The maximum Gasteiger partial charge on any atom is 0.183 e. The van der Waals surface area contributed by atoms with Crippen LogP contribution in [0.3, 0.4) is 0 Å². The Labute approximate surface area is 116 Å². The molecule has 1 aliphatic rings. The lowest BCUT2D eigenvalue weighted by Gasteiger charge is -2.43. The first-order valence-electron chi connectivity index (χ1n) is 6.29. The van der Waals surface area contributed by atoms with Gasteiger partial charge in [-0.05, 0) is 26.0 Å². The summed E-state index contributed by atoms with van der Waals surface area (Å²) in [6.07, 6.45) is -0.461. The fourth-order valence-corrected chi connectivity index (χ4v) is 2.44. The molecule has 1 aromatic carbocycles. The second-order valence-corrected chi connectivity index (χ2v) is 5.43. The minimum atomic E-state index is -1.14. The number of ether oxygens (including phenoxy) is 1. The van der Waals surface area contributed by atoms with Gasteiger partial charge in [0.1, 0.15) is 6.07 Å². The number of morpholine rings is 1. The molecule has 6 heteroatoms. The Morgan fingerprint density at radius 3 is 2.75 bits per heavy atom. The third-order valence-corrected chi connectivity index (χ3v) is 3.21. The van der Waals surface area contributed by atoms with Crippen LogP contribution in [0.5, 0.6) is 0 Å². The normalized spacial score (nSPS) is 21.6. The van der Waals surface area contributed by atoms with Crippen molar-refractivity contribution in [3.63, 3.8) is 0 Å². The molecule has 0 amide bonds. The molecule has 0 bridgehead atoms. The summed E-state index contributed by atoms with van der Waals surface area (Å²) in [5.74, 6) is -2.19. The van der Waals surface area contributed by atoms with E-state index in [1.165, 1.54) is 12.1 Å². The van der Waals surface area contributed by atoms with Crippen molar-refractivity contribution in [2.24, 2.45) is 0 Å². The van der Waals surface area contributed by atoms with Gasteiger partial charge in [0.25, 0.3) is 0 Å². The monoisotopic (exact) mass is 282 g/mol. The molecule has 1 aromatic rings. The Balaban J connectivity index is 2.36. The summed E-state index contributed by atoms with van der Waals surface area (Å²) < 4.78 is 33.4. The van der Waals surface area contributed by atoms with Gasteiger partial charge in [-0.1, -0.05) is 0 Å². The Morgan fingerprint density at radius 2 is 2.15 bits per heavy atom. The average molecular weight is 282 g/mol. The number of hydrogen-bond acceptors (Lipinski definition) is 4. The van der Waals surface area contributed by atoms with Crippen molar-refractivity contribution >= 4 is 5.69 Å². The van der Waals surface area contributed by atoms with Crippen molar-refractivity contribution in [2.75, 3.05) is 24.6 Å². The van der Waals surface area contributed by atoms with Crippen LogP contribution in [0.2, 0.25) is 0 Å². The molecule has 0 radical (unpaired) electrons. The van der Waals surface area contributed by atoms with Crippen LogP contribution in [-0.4, -0.2) is 36.5 Å². The van der Waals surface area contributed by atoms with Crippen molar-refractivity contribution in [1.82, 2.24) is 0 Å². The van der Waals surface area contributed by atoms with Crippen LogP contribution in [0, 0.1) is 23.0 Å². The summed E-state index contributed by atoms with van der Waals surface area (Å²) in [4.78, 5) is 1.63. The fraction of sp³-hybridized carbons (Fsp3) is 0.500. The number of anilines is 1. The first kappa shape index (κ1) is 14.7. The predicted molar refractivity (Wildman–Crippen MR) is 69.3 cm³/mol. The van der Waals surface area contributed by atoms with E-state index < -0.39 is 23.3 Å². The molecule has 1 unspecified atom stereocenters. The molecule has 1 saturated heterocycles. The molecule has 4 nitrogen and oxygen atoms in total. The van der Waals surface area contributed by atoms with Crippen LogP contribution >= 0.6 is 0 Å². The lowest BCUT2D eigenvalue weighted by molar-refractivity contribution is -0.101. The third kappa shape index (κ3) is 2.74. The molecular weight excluding hydrogens is 266 g/mol.